The molecule has 0 aliphatic heterocycles. The van der Waals surface area contributed by atoms with Gasteiger partial charge in [-0.2, -0.15) is 5.10 Å². The predicted molar refractivity (Wildman–Crippen MR) is 115 cm³/mol. The van der Waals surface area contributed by atoms with Gasteiger partial charge in [0.1, 0.15) is 5.69 Å². The fourth-order valence-corrected chi connectivity index (χ4v) is 3.12. The van der Waals surface area contributed by atoms with Gasteiger partial charge in [0.25, 0.3) is 5.91 Å². The molecule has 4 nitrogen and oxygen atoms in total. The Labute approximate surface area is 167 Å². The molecule has 0 aliphatic carbocycles. The van der Waals surface area contributed by atoms with Gasteiger partial charge >= 0.3 is 0 Å². The van der Waals surface area contributed by atoms with E-state index in [1.54, 1.807) is 4.68 Å². The van der Waals surface area contributed by atoms with Crippen LogP contribution >= 0.6 is 0 Å². The number of nitrogens with one attached hydrogen (secondary N) is 1. The van der Waals surface area contributed by atoms with Crippen molar-refractivity contribution in [2.24, 2.45) is 0 Å². The fraction of sp³-hybridized carbons (Fsp3) is 0.333. The van der Waals surface area contributed by atoms with E-state index in [0.717, 1.165) is 34.5 Å². The van der Waals surface area contributed by atoms with E-state index in [-0.39, 0.29) is 11.9 Å². The van der Waals surface area contributed by atoms with Gasteiger partial charge in [0.05, 0.1) is 11.4 Å². The van der Waals surface area contributed by atoms with E-state index < -0.39 is 0 Å². The van der Waals surface area contributed by atoms with Crippen LogP contribution in [0.3, 0.4) is 0 Å². The molecule has 0 bridgehead atoms. The zero-order valence-electron chi connectivity index (χ0n) is 17.6. The summed E-state index contributed by atoms with van der Waals surface area (Å²) in [6, 6.07) is 14.5. The number of hydrogen-bond acceptors (Lipinski definition) is 2. The number of aryl methyl sites for hydroxylation is 4. The molecule has 4 heteroatoms. The Balaban J connectivity index is 2.15. The summed E-state index contributed by atoms with van der Waals surface area (Å²) in [6.45, 7) is 12.4. The second-order valence-electron chi connectivity index (χ2n) is 7.70. The van der Waals surface area contributed by atoms with E-state index in [2.05, 4.69) is 69.4 Å². The molecule has 2 aromatic carbocycles. The molecule has 0 aliphatic rings. The standard InChI is InChI=1S/C24H29N3O/c1-7-19(6)25-24(28)23-14-21(20-11-10-16(3)18(5)13-20)26-27(23)22-12-15(2)8-9-17(22)4/h8-14,19H,7H2,1-6H3,(H,25,28). The third kappa shape index (κ3) is 4.01. The van der Waals surface area contributed by atoms with Crippen LogP contribution in [0.25, 0.3) is 16.9 Å². The van der Waals surface area contributed by atoms with Crippen LogP contribution in [0.2, 0.25) is 0 Å². The molecule has 1 aromatic heterocycles. The predicted octanol–water partition coefficient (Wildman–Crippen LogP) is 5.30. The molecule has 3 aromatic rings. The molecule has 1 unspecified atom stereocenters. The highest BCUT2D eigenvalue weighted by Crippen LogP contribution is 2.25. The summed E-state index contributed by atoms with van der Waals surface area (Å²) in [6.07, 6.45) is 0.882. The van der Waals surface area contributed by atoms with Gasteiger partial charge in [-0.05, 0) is 81.5 Å². The van der Waals surface area contributed by atoms with Crippen LogP contribution in [0.5, 0.6) is 0 Å². The van der Waals surface area contributed by atoms with Crippen LogP contribution in [0.4, 0.5) is 0 Å². The fourth-order valence-electron chi connectivity index (χ4n) is 3.12. The molecule has 0 saturated carbocycles. The van der Waals surface area contributed by atoms with Gasteiger partial charge < -0.3 is 5.32 Å². The van der Waals surface area contributed by atoms with E-state index in [9.17, 15) is 4.79 Å². The Kier molecular flexibility index (Phi) is 5.68. The highest BCUT2D eigenvalue weighted by molar-refractivity contribution is 5.94. The SMILES string of the molecule is CCC(C)NC(=O)c1cc(-c2ccc(C)c(C)c2)nn1-c1cc(C)ccc1C. The molecule has 0 saturated heterocycles. The molecule has 28 heavy (non-hydrogen) atoms. The van der Waals surface area contributed by atoms with Crippen molar-refractivity contribution >= 4 is 5.91 Å². The Morgan fingerprint density at radius 3 is 2.39 bits per heavy atom. The van der Waals surface area contributed by atoms with Crippen LogP contribution in [-0.2, 0) is 0 Å². The monoisotopic (exact) mass is 375 g/mol. The topological polar surface area (TPSA) is 46.9 Å². The minimum absolute atomic E-state index is 0.0992. The van der Waals surface area contributed by atoms with Crippen LogP contribution in [0.15, 0.2) is 42.5 Å². The number of carbonyl (C=O) groups is 1. The maximum absolute atomic E-state index is 13.0. The van der Waals surface area contributed by atoms with E-state index in [0.29, 0.717) is 5.69 Å². The van der Waals surface area contributed by atoms with E-state index >= 15 is 0 Å². The number of hydrogen-bond donors (Lipinski definition) is 1. The smallest absolute Gasteiger partial charge is 0.270 e. The number of benzene rings is 2. The molecule has 0 radical (unpaired) electrons. The van der Waals surface area contributed by atoms with Crippen LogP contribution in [-0.4, -0.2) is 21.7 Å². The number of nitrogens with zero attached hydrogens (tertiary/aromatic N) is 2. The molecule has 1 atom stereocenters. The minimum Gasteiger partial charge on any atom is -0.348 e. The number of carbonyl (C=O) groups excluding carboxylic acids is 1. The van der Waals surface area contributed by atoms with Crippen LogP contribution < -0.4 is 5.32 Å². The zero-order valence-corrected chi connectivity index (χ0v) is 17.6. The van der Waals surface area contributed by atoms with Gasteiger partial charge in [-0.15, -0.1) is 0 Å². The van der Waals surface area contributed by atoms with Gasteiger partial charge in [-0.1, -0.05) is 31.2 Å². The summed E-state index contributed by atoms with van der Waals surface area (Å²) in [5.74, 6) is -0.0992. The van der Waals surface area contributed by atoms with Crippen molar-refractivity contribution in [2.75, 3.05) is 0 Å². The second kappa shape index (κ2) is 8.01. The Morgan fingerprint density at radius 1 is 1.00 bits per heavy atom. The normalized spacial score (nSPS) is 12.1. The maximum atomic E-state index is 13.0. The van der Waals surface area contributed by atoms with Crippen molar-refractivity contribution in [3.63, 3.8) is 0 Å². The number of aromatic nitrogens is 2. The van der Waals surface area contributed by atoms with Gasteiger partial charge in [0.15, 0.2) is 0 Å². The highest BCUT2D eigenvalue weighted by atomic mass is 16.2. The van der Waals surface area contributed by atoms with E-state index in [1.807, 2.05) is 19.9 Å². The Bertz CT molecular complexity index is 1020. The van der Waals surface area contributed by atoms with Crippen LogP contribution in [0.1, 0.15) is 53.0 Å². The first kappa shape index (κ1) is 19.9. The van der Waals surface area contributed by atoms with Gasteiger partial charge in [-0.25, -0.2) is 4.68 Å². The van der Waals surface area contributed by atoms with Crippen molar-refractivity contribution in [1.82, 2.24) is 15.1 Å². The first-order valence-corrected chi connectivity index (χ1v) is 9.86. The average Bonchev–Trinajstić information content (AvgIpc) is 3.11. The number of amides is 1. The molecular weight excluding hydrogens is 346 g/mol. The summed E-state index contributed by atoms with van der Waals surface area (Å²) >= 11 is 0. The molecule has 0 fully saturated rings. The molecule has 146 valence electrons. The van der Waals surface area contributed by atoms with Crippen molar-refractivity contribution < 1.29 is 4.79 Å². The lowest BCUT2D eigenvalue weighted by Gasteiger charge is -2.14. The average molecular weight is 376 g/mol. The van der Waals surface area contributed by atoms with Crippen molar-refractivity contribution in [1.29, 1.82) is 0 Å². The third-order valence-electron chi connectivity index (χ3n) is 5.33. The summed E-state index contributed by atoms with van der Waals surface area (Å²) in [5, 5.41) is 7.91. The van der Waals surface area contributed by atoms with E-state index in [4.69, 9.17) is 5.10 Å². The second-order valence-corrected chi connectivity index (χ2v) is 7.70. The highest BCUT2D eigenvalue weighted by Gasteiger charge is 2.20. The summed E-state index contributed by atoms with van der Waals surface area (Å²) in [4.78, 5) is 13.0. The van der Waals surface area contributed by atoms with E-state index in [1.165, 1.54) is 11.1 Å². The quantitative estimate of drug-likeness (QED) is 0.658. The van der Waals surface area contributed by atoms with Crippen LogP contribution in [0, 0.1) is 27.7 Å². The Hall–Kier alpha value is -2.88. The van der Waals surface area contributed by atoms with Gasteiger partial charge in [-0.3, -0.25) is 4.79 Å². The first-order valence-electron chi connectivity index (χ1n) is 9.86. The molecule has 1 N–H and O–H groups in total. The Morgan fingerprint density at radius 2 is 1.71 bits per heavy atom. The molecule has 3 rings (SSSR count). The molecule has 1 heterocycles. The molecule has 0 spiro atoms. The summed E-state index contributed by atoms with van der Waals surface area (Å²) in [5.41, 5.74) is 7.99. The minimum atomic E-state index is -0.0992. The summed E-state index contributed by atoms with van der Waals surface area (Å²) in [7, 11) is 0. The van der Waals surface area contributed by atoms with Gasteiger partial charge in [0, 0.05) is 11.6 Å². The lowest BCUT2D eigenvalue weighted by Crippen LogP contribution is -2.33. The largest absolute Gasteiger partial charge is 0.348 e. The lowest BCUT2D eigenvalue weighted by molar-refractivity contribution is 0.0931. The maximum Gasteiger partial charge on any atom is 0.270 e. The van der Waals surface area contributed by atoms with Crippen molar-refractivity contribution in [3.8, 4) is 16.9 Å². The number of rotatable bonds is 5. The molecular formula is C24H29N3O. The van der Waals surface area contributed by atoms with Crippen molar-refractivity contribution in [3.05, 3.63) is 70.4 Å². The third-order valence-corrected chi connectivity index (χ3v) is 5.33. The first-order chi connectivity index (χ1) is 13.3. The molecule has 1 amide bonds. The lowest BCUT2D eigenvalue weighted by atomic mass is 10.0. The van der Waals surface area contributed by atoms with Crippen molar-refractivity contribution in [2.45, 2.75) is 54.0 Å². The zero-order chi connectivity index (χ0) is 20.4. The van der Waals surface area contributed by atoms with Gasteiger partial charge in [0.2, 0.25) is 0 Å². The summed E-state index contributed by atoms with van der Waals surface area (Å²) < 4.78 is 1.78.